The van der Waals surface area contributed by atoms with Crippen molar-refractivity contribution in [3.8, 4) is 0 Å². The van der Waals surface area contributed by atoms with E-state index in [2.05, 4.69) is 22.3 Å². The zero-order chi connectivity index (χ0) is 17.4. The molecule has 2 N–H and O–H groups in total. The van der Waals surface area contributed by atoms with Gasteiger partial charge in [0, 0.05) is 24.5 Å². The minimum atomic E-state index is -0.874. The Kier molecular flexibility index (Phi) is 7.10. The SMILES string of the molecule is CCCC(O)(CCC)CC(=O)Nc1ccc(N2CCCCC2)cc1. The van der Waals surface area contributed by atoms with Crippen LogP contribution in [0, 0.1) is 0 Å². The third kappa shape index (κ3) is 5.52. The van der Waals surface area contributed by atoms with Gasteiger partial charge in [-0.15, -0.1) is 0 Å². The highest BCUT2D eigenvalue weighted by atomic mass is 16.3. The summed E-state index contributed by atoms with van der Waals surface area (Å²) >= 11 is 0. The number of rotatable bonds is 8. The molecule has 1 aliphatic heterocycles. The van der Waals surface area contributed by atoms with Gasteiger partial charge in [0.15, 0.2) is 0 Å². The first-order valence-electron chi connectivity index (χ1n) is 9.43. The molecule has 0 aromatic heterocycles. The molecule has 2 rings (SSSR count). The Labute approximate surface area is 146 Å². The Bertz CT molecular complexity index is 501. The Morgan fingerprint density at radius 1 is 1.08 bits per heavy atom. The molecule has 0 unspecified atom stereocenters. The number of carbonyl (C=O) groups excluding carboxylic acids is 1. The number of carbonyl (C=O) groups is 1. The highest BCUT2D eigenvalue weighted by Crippen LogP contribution is 2.25. The van der Waals surface area contributed by atoms with Gasteiger partial charge in [0.05, 0.1) is 12.0 Å². The van der Waals surface area contributed by atoms with E-state index in [4.69, 9.17) is 0 Å². The molecular weight excluding hydrogens is 300 g/mol. The Hall–Kier alpha value is -1.55. The highest BCUT2D eigenvalue weighted by molar-refractivity contribution is 5.91. The fraction of sp³-hybridized carbons (Fsp3) is 0.650. The van der Waals surface area contributed by atoms with Crippen molar-refractivity contribution in [1.82, 2.24) is 0 Å². The molecule has 0 bridgehead atoms. The van der Waals surface area contributed by atoms with E-state index >= 15 is 0 Å². The van der Waals surface area contributed by atoms with Crippen LogP contribution in [0.2, 0.25) is 0 Å². The molecule has 1 saturated heterocycles. The van der Waals surface area contributed by atoms with Crippen LogP contribution < -0.4 is 10.2 Å². The van der Waals surface area contributed by atoms with Gasteiger partial charge in [0.2, 0.25) is 5.91 Å². The minimum Gasteiger partial charge on any atom is -0.389 e. The third-order valence-electron chi connectivity index (χ3n) is 4.79. The Morgan fingerprint density at radius 2 is 1.67 bits per heavy atom. The van der Waals surface area contributed by atoms with Gasteiger partial charge < -0.3 is 15.3 Å². The number of nitrogens with one attached hydrogen (secondary N) is 1. The lowest BCUT2D eigenvalue weighted by molar-refractivity contribution is -0.121. The quantitative estimate of drug-likeness (QED) is 0.744. The summed E-state index contributed by atoms with van der Waals surface area (Å²) in [6, 6.07) is 8.07. The fourth-order valence-electron chi connectivity index (χ4n) is 3.64. The number of hydrogen-bond donors (Lipinski definition) is 2. The van der Waals surface area contributed by atoms with Crippen LogP contribution in [-0.4, -0.2) is 29.7 Å². The van der Waals surface area contributed by atoms with Crippen LogP contribution in [0.25, 0.3) is 0 Å². The number of benzene rings is 1. The fourth-order valence-corrected chi connectivity index (χ4v) is 3.64. The van der Waals surface area contributed by atoms with E-state index in [9.17, 15) is 9.90 Å². The van der Waals surface area contributed by atoms with Crippen molar-refractivity contribution >= 4 is 17.3 Å². The summed E-state index contributed by atoms with van der Waals surface area (Å²) in [7, 11) is 0. The average Bonchev–Trinajstić information content (AvgIpc) is 2.56. The van der Waals surface area contributed by atoms with E-state index in [1.165, 1.54) is 24.9 Å². The largest absolute Gasteiger partial charge is 0.389 e. The lowest BCUT2D eigenvalue weighted by atomic mass is 9.89. The van der Waals surface area contributed by atoms with E-state index in [0.717, 1.165) is 31.6 Å². The van der Waals surface area contributed by atoms with E-state index in [1.54, 1.807) is 0 Å². The predicted molar refractivity (Wildman–Crippen MR) is 101 cm³/mol. The monoisotopic (exact) mass is 332 g/mol. The summed E-state index contributed by atoms with van der Waals surface area (Å²) in [4.78, 5) is 14.7. The number of hydrogen-bond acceptors (Lipinski definition) is 3. The zero-order valence-corrected chi connectivity index (χ0v) is 15.2. The van der Waals surface area contributed by atoms with Gasteiger partial charge in [-0.1, -0.05) is 26.7 Å². The summed E-state index contributed by atoms with van der Waals surface area (Å²) < 4.78 is 0. The molecule has 1 heterocycles. The van der Waals surface area contributed by atoms with Gasteiger partial charge >= 0.3 is 0 Å². The molecule has 1 amide bonds. The Morgan fingerprint density at radius 3 is 2.21 bits per heavy atom. The number of piperidine rings is 1. The van der Waals surface area contributed by atoms with Crippen LogP contribution in [0.4, 0.5) is 11.4 Å². The molecule has 1 fully saturated rings. The van der Waals surface area contributed by atoms with Gasteiger partial charge in [0.1, 0.15) is 0 Å². The first-order chi connectivity index (χ1) is 11.6. The van der Waals surface area contributed by atoms with Crippen molar-refractivity contribution < 1.29 is 9.90 Å². The predicted octanol–water partition coefficient (Wildman–Crippen LogP) is 4.34. The van der Waals surface area contributed by atoms with E-state index in [0.29, 0.717) is 12.8 Å². The van der Waals surface area contributed by atoms with Crippen molar-refractivity contribution in [3.05, 3.63) is 24.3 Å². The van der Waals surface area contributed by atoms with Gasteiger partial charge in [-0.25, -0.2) is 0 Å². The van der Waals surface area contributed by atoms with Gasteiger partial charge in [-0.2, -0.15) is 0 Å². The highest BCUT2D eigenvalue weighted by Gasteiger charge is 2.28. The zero-order valence-electron chi connectivity index (χ0n) is 15.2. The summed E-state index contributed by atoms with van der Waals surface area (Å²) in [5.74, 6) is -0.106. The number of aliphatic hydroxyl groups is 1. The smallest absolute Gasteiger partial charge is 0.227 e. The second kappa shape index (κ2) is 9.07. The summed E-state index contributed by atoms with van der Waals surface area (Å²) in [6.07, 6.45) is 7.11. The first-order valence-corrected chi connectivity index (χ1v) is 9.43. The topological polar surface area (TPSA) is 52.6 Å². The average molecular weight is 332 g/mol. The third-order valence-corrected chi connectivity index (χ3v) is 4.79. The van der Waals surface area contributed by atoms with Crippen LogP contribution in [-0.2, 0) is 4.79 Å². The molecule has 0 radical (unpaired) electrons. The summed E-state index contributed by atoms with van der Waals surface area (Å²) in [5.41, 5.74) is 1.15. The molecule has 1 aromatic rings. The van der Waals surface area contributed by atoms with Crippen LogP contribution in [0.15, 0.2) is 24.3 Å². The van der Waals surface area contributed by atoms with Crippen molar-refractivity contribution in [2.45, 2.75) is 70.8 Å². The van der Waals surface area contributed by atoms with Crippen molar-refractivity contribution in [3.63, 3.8) is 0 Å². The molecule has 0 spiro atoms. The van der Waals surface area contributed by atoms with Crippen molar-refractivity contribution in [2.75, 3.05) is 23.3 Å². The van der Waals surface area contributed by atoms with Crippen molar-refractivity contribution in [2.24, 2.45) is 0 Å². The normalized spacial score (nSPS) is 15.4. The second-order valence-electron chi connectivity index (χ2n) is 7.04. The first kappa shape index (κ1) is 18.8. The standard InChI is InChI=1S/C20H32N2O2/c1-3-12-20(24,13-4-2)16-19(23)21-17-8-10-18(11-9-17)22-14-6-5-7-15-22/h8-11,24H,3-7,12-16H2,1-2H3,(H,21,23). The molecular formula is C20H32N2O2. The van der Waals surface area contributed by atoms with E-state index in [-0.39, 0.29) is 12.3 Å². The lowest BCUT2D eigenvalue weighted by Gasteiger charge is -2.29. The molecule has 1 aromatic carbocycles. The van der Waals surface area contributed by atoms with Crippen LogP contribution in [0.3, 0.4) is 0 Å². The minimum absolute atomic E-state index is 0.106. The molecule has 134 valence electrons. The number of amides is 1. The lowest BCUT2D eigenvalue weighted by Crippen LogP contribution is -2.33. The second-order valence-corrected chi connectivity index (χ2v) is 7.04. The maximum atomic E-state index is 12.3. The van der Waals surface area contributed by atoms with Crippen LogP contribution in [0.5, 0.6) is 0 Å². The molecule has 4 heteroatoms. The molecule has 0 saturated carbocycles. The van der Waals surface area contributed by atoms with Gasteiger partial charge in [-0.3, -0.25) is 4.79 Å². The van der Waals surface area contributed by atoms with E-state index in [1.807, 2.05) is 26.0 Å². The molecule has 24 heavy (non-hydrogen) atoms. The number of anilines is 2. The molecule has 1 aliphatic rings. The Balaban J connectivity index is 1.91. The van der Waals surface area contributed by atoms with Gasteiger partial charge in [-0.05, 0) is 56.4 Å². The summed E-state index contributed by atoms with van der Waals surface area (Å²) in [6.45, 7) is 6.31. The summed E-state index contributed by atoms with van der Waals surface area (Å²) in [5, 5.41) is 13.5. The molecule has 0 aliphatic carbocycles. The molecule has 4 nitrogen and oxygen atoms in total. The van der Waals surface area contributed by atoms with E-state index < -0.39 is 5.60 Å². The van der Waals surface area contributed by atoms with Crippen molar-refractivity contribution in [1.29, 1.82) is 0 Å². The maximum absolute atomic E-state index is 12.3. The van der Waals surface area contributed by atoms with Crippen LogP contribution >= 0.6 is 0 Å². The van der Waals surface area contributed by atoms with Gasteiger partial charge in [0.25, 0.3) is 0 Å². The molecule has 0 atom stereocenters. The maximum Gasteiger partial charge on any atom is 0.227 e. The van der Waals surface area contributed by atoms with Crippen LogP contribution in [0.1, 0.15) is 65.2 Å². The number of nitrogens with zero attached hydrogens (tertiary/aromatic N) is 1.